The highest BCUT2D eigenvalue weighted by atomic mass is 16.3. The molecule has 1 aromatic heterocycles. The highest BCUT2D eigenvalue weighted by molar-refractivity contribution is 5.41. The van der Waals surface area contributed by atoms with Crippen LogP contribution in [-0.4, -0.2) is 20.0 Å². The predicted molar refractivity (Wildman–Crippen MR) is 61.7 cm³/mol. The quantitative estimate of drug-likeness (QED) is 0.710. The maximum atomic E-state index is 9.45. The van der Waals surface area contributed by atoms with Gasteiger partial charge in [-0.3, -0.25) is 0 Å². The fraction of sp³-hybridized carbons (Fsp3) is 0.250. The van der Waals surface area contributed by atoms with Crippen LogP contribution in [0.15, 0.2) is 24.3 Å². The van der Waals surface area contributed by atoms with E-state index >= 15 is 0 Å². The molecule has 17 heavy (non-hydrogen) atoms. The third-order valence-electron chi connectivity index (χ3n) is 3.01. The molecule has 1 aliphatic heterocycles. The van der Waals surface area contributed by atoms with E-state index in [0.29, 0.717) is 0 Å². The highest BCUT2D eigenvalue weighted by Crippen LogP contribution is 2.23. The molecule has 88 valence electrons. The van der Waals surface area contributed by atoms with Crippen LogP contribution in [0.3, 0.4) is 0 Å². The third kappa shape index (κ3) is 1.60. The first kappa shape index (κ1) is 10.3. The normalized spacial score (nSPS) is 13.9. The highest BCUT2D eigenvalue weighted by Gasteiger charge is 2.21. The number of nitrogens with zero attached hydrogens (tertiary/aromatic N) is 2. The molecule has 0 radical (unpaired) electrons. The van der Waals surface area contributed by atoms with Crippen molar-refractivity contribution in [2.45, 2.75) is 19.7 Å². The molecule has 5 nitrogen and oxygen atoms in total. The minimum absolute atomic E-state index is 0.0368. The standard InChI is InChI=1S/C12H13N3O2/c16-7-12-10-5-13-6-11(10)14-15(12)8-1-3-9(17)4-2-8/h1-4,13,16-17H,5-7H2. The van der Waals surface area contributed by atoms with Crippen molar-refractivity contribution in [2.24, 2.45) is 0 Å². The molecule has 0 amide bonds. The van der Waals surface area contributed by atoms with Crippen molar-refractivity contribution in [3.05, 3.63) is 41.2 Å². The van der Waals surface area contributed by atoms with Gasteiger partial charge in [-0.2, -0.15) is 5.10 Å². The maximum Gasteiger partial charge on any atom is 0.115 e. The van der Waals surface area contributed by atoms with Gasteiger partial charge in [0, 0.05) is 18.7 Å². The molecule has 3 N–H and O–H groups in total. The van der Waals surface area contributed by atoms with Crippen LogP contribution in [-0.2, 0) is 19.7 Å². The van der Waals surface area contributed by atoms with E-state index in [1.165, 1.54) is 0 Å². The number of hydrogen-bond donors (Lipinski definition) is 3. The van der Waals surface area contributed by atoms with Crippen molar-refractivity contribution in [3.63, 3.8) is 0 Å². The molecule has 1 aromatic carbocycles. The first-order chi connectivity index (χ1) is 8.29. The van der Waals surface area contributed by atoms with E-state index in [1.54, 1.807) is 28.9 Å². The summed E-state index contributed by atoms with van der Waals surface area (Å²) in [5.74, 6) is 0.223. The second-order valence-corrected chi connectivity index (χ2v) is 4.06. The Morgan fingerprint density at radius 1 is 1.24 bits per heavy atom. The summed E-state index contributed by atoms with van der Waals surface area (Å²) in [5, 5.41) is 26.4. The van der Waals surface area contributed by atoms with Gasteiger partial charge >= 0.3 is 0 Å². The summed E-state index contributed by atoms with van der Waals surface area (Å²) >= 11 is 0. The molecule has 1 aliphatic rings. The van der Waals surface area contributed by atoms with Crippen molar-refractivity contribution < 1.29 is 10.2 Å². The monoisotopic (exact) mass is 231 g/mol. The van der Waals surface area contributed by atoms with Crippen LogP contribution in [0.2, 0.25) is 0 Å². The Kier molecular flexibility index (Phi) is 2.35. The molecular weight excluding hydrogens is 218 g/mol. The van der Waals surface area contributed by atoms with Crippen molar-refractivity contribution >= 4 is 0 Å². The second-order valence-electron chi connectivity index (χ2n) is 4.06. The number of nitrogens with one attached hydrogen (secondary N) is 1. The lowest BCUT2D eigenvalue weighted by Crippen LogP contribution is -2.09. The fourth-order valence-corrected chi connectivity index (χ4v) is 2.16. The number of rotatable bonds is 2. The van der Waals surface area contributed by atoms with Crippen LogP contribution < -0.4 is 5.32 Å². The lowest BCUT2D eigenvalue weighted by molar-refractivity contribution is 0.271. The molecule has 0 spiro atoms. The lowest BCUT2D eigenvalue weighted by atomic mass is 10.2. The number of fused-ring (bicyclic) bond motifs is 1. The van der Waals surface area contributed by atoms with Crippen molar-refractivity contribution in [1.29, 1.82) is 0 Å². The largest absolute Gasteiger partial charge is 0.508 e. The minimum Gasteiger partial charge on any atom is -0.508 e. The Balaban J connectivity index is 2.11. The molecule has 0 atom stereocenters. The number of benzene rings is 1. The molecule has 0 aliphatic carbocycles. The Labute approximate surface area is 98.3 Å². The average molecular weight is 231 g/mol. The van der Waals surface area contributed by atoms with Crippen LogP contribution in [0.5, 0.6) is 5.75 Å². The average Bonchev–Trinajstić information content (AvgIpc) is 2.89. The molecular formula is C12H13N3O2. The zero-order chi connectivity index (χ0) is 11.8. The Morgan fingerprint density at radius 3 is 2.71 bits per heavy atom. The number of aliphatic hydroxyl groups excluding tert-OH is 1. The van der Waals surface area contributed by atoms with E-state index in [2.05, 4.69) is 10.4 Å². The van der Waals surface area contributed by atoms with Gasteiger partial charge in [-0.1, -0.05) is 0 Å². The van der Waals surface area contributed by atoms with Crippen molar-refractivity contribution in [3.8, 4) is 11.4 Å². The molecule has 0 bridgehead atoms. The predicted octanol–water partition coefficient (Wildman–Crippen LogP) is 0.673. The molecule has 2 aromatic rings. The molecule has 0 fully saturated rings. The smallest absolute Gasteiger partial charge is 0.115 e. The van der Waals surface area contributed by atoms with Crippen LogP contribution in [0, 0.1) is 0 Å². The van der Waals surface area contributed by atoms with E-state index in [-0.39, 0.29) is 12.4 Å². The molecule has 3 rings (SSSR count). The number of aromatic hydroxyl groups is 1. The van der Waals surface area contributed by atoms with Gasteiger partial charge in [0.15, 0.2) is 0 Å². The van der Waals surface area contributed by atoms with Gasteiger partial charge in [0.2, 0.25) is 0 Å². The topological polar surface area (TPSA) is 70.3 Å². The Bertz CT molecular complexity index is 546. The van der Waals surface area contributed by atoms with E-state index < -0.39 is 0 Å². The number of phenols is 1. The van der Waals surface area contributed by atoms with E-state index in [1.807, 2.05) is 0 Å². The summed E-state index contributed by atoms with van der Waals surface area (Å²) in [6.45, 7) is 1.46. The summed E-state index contributed by atoms with van der Waals surface area (Å²) in [6, 6.07) is 6.79. The summed E-state index contributed by atoms with van der Waals surface area (Å²) in [7, 11) is 0. The Morgan fingerprint density at radius 2 is 2.00 bits per heavy atom. The van der Waals surface area contributed by atoms with Crippen molar-refractivity contribution in [1.82, 2.24) is 15.1 Å². The SMILES string of the molecule is OCc1c2c(nn1-c1ccc(O)cc1)CNC2. The van der Waals surface area contributed by atoms with Gasteiger partial charge in [0.1, 0.15) is 5.75 Å². The summed E-state index contributed by atoms with van der Waals surface area (Å²) in [5.41, 5.74) is 3.74. The number of aromatic nitrogens is 2. The van der Waals surface area contributed by atoms with Gasteiger partial charge < -0.3 is 15.5 Å². The minimum atomic E-state index is -0.0368. The first-order valence-corrected chi connectivity index (χ1v) is 5.50. The van der Waals surface area contributed by atoms with Gasteiger partial charge in [-0.05, 0) is 24.3 Å². The molecule has 5 heteroatoms. The molecule has 0 saturated carbocycles. The van der Waals surface area contributed by atoms with E-state index in [0.717, 1.165) is 35.7 Å². The fourth-order valence-electron chi connectivity index (χ4n) is 2.16. The summed E-state index contributed by atoms with van der Waals surface area (Å²) in [4.78, 5) is 0. The molecule has 0 saturated heterocycles. The van der Waals surface area contributed by atoms with Crippen molar-refractivity contribution in [2.75, 3.05) is 0 Å². The Hall–Kier alpha value is -1.85. The van der Waals surface area contributed by atoms with E-state index in [4.69, 9.17) is 0 Å². The van der Waals surface area contributed by atoms with Crippen LogP contribution in [0.25, 0.3) is 5.69 Å². The first-order valence-electron chi connectivity index (χ1n) is 5.50. The van der Waals surface area contributed by atoms with E-state index in [9.17, 15) is 10.2 Å². The third-order valence-corrected chi connectivity index (χ3v) is 3.01. The van der Waals surface area contributed by atoms with Gasteiger partial charge in [0.05, 0.1) is 23.7 Å². The zero-order valence-corrected chi connectivity index (χ0v) is 9.22. The zero-order valence-electron chi connectivity index (χ0n) is 9.22. The number of phenolic OH excluding ortho intramolecular Hbond substituents is 1. The molecule has 0 unspecified atom stereocenters. The van der Waals surface area contributed by atoms with Crippen LogP contribution in [0.4, 0.5) is 0 Å². The summed E-state index contributed by atoms with van der Waals surface area (Å²) < 4.78 is 1.74. The van der Waals surface area contributed by atoms with Gasteiger partial charge in [0.25, 0.3) is 0 Å². The second kappa shape index (κ2) is 3.87. The number of aliphatic hydroxyl groups is 1. The lowest BCUT2D eigenvalue weighted by Gasteiger charge is -2.07. The van der Waals surface area contributed by atoms with Gasteiger partial charge in [-0.25, -0.2) is 4.68 Å². The van der Waals surface area contributed by atoms with Crippen LogP contribution in [0.1, 0.15) is 17.0 Å². The number of hydrogen-bond acceptors (Lipinski definition) is 4. The van der Waals surface area contributed by atoms with Crippen LogP contribution >= 0.6 is 0 Å². The van der Waals surface area contributed by atoms with Gasteiger partial charge in [-0.15, -0.1) is 0 Å². The summed E-state index contributed by atoms with van der Waals surface area (Å²) in [6.07, 6.45) is 0. The molecule has 2 heterocycles. The maximum absolute atomic E-state index is 9.45.